The molecule has 0 radical (unpaired) electrons. The first-order valence-corrected chi connectivity index (χ1v) is 7.47. The fourth-order valence-electron chi connectivity index (χ4n) is 1.98. The summed E-state index contributed by atoms with van der Waals surface area (Å²) in [7, 11) is 0. The number of nitrogens with zero attached hydrogens (tertiary/aromatic N) is 1. The van der Waals surface area contributed by atoms with Crippen LogP contribution in [0.5, 0.6) is 0 Å². The van der Waals surface area contributed by atoms with E-state index < -0.39 is 24.0 Å². The third-order valence-electron chi connectivity index (χ3n) is 3.31. The number of rotatable bonds is 4. The first kappa shape index (κ1) is 18.1. The van der Waals surface area contributed by atoms with Gasteiger partial charge in [0.1, 0.15) is 11.7 Å². The molecule has 0 fully saturated rings. The van der Waals surface area contributed by atoms with Crippen molar-refractivity contribution in [1.82, 2.24) is 15.8 Å². The fourth-order valence-corrected chi connectivity index (χ4v) is 1.98. The summed E-state index contributed by atoms with van der Waals surface area (Å²) >= 11 is 0. The van der Waals surface area contributed by atoms with Gasteiger partial charge in [0, 0.05) is 17.3 Å². The molecule has 1 aromatic heterocycles. The fraction of sp³-hybridized carbons (Fsp3) is 0.167. The number of hydroxylamine groups is 1. The van der Waals surface area contributed by atoms with Crippen molar-refractivity contribution in [3.05, 3.63) is 65.5 Å². The van der Waals surface area contributed by atoms with E-state index in [0.717, 1.165) is 0 Å². The van der Waals surface area contributed by atoms with Crippen LogP contribution in [-0.2, 0) is 4.79 Å². The molecule has 1 aromatic carbocycles. The topological polar surface area (TPSA) is 112 Å². The number of pyridine rings is 1. The van der Waals surface area contributed by atoms with Crippen LogP contribution < -0.4 is 10.8 Å². The van der Waals surface area contributed by atoms with Gasteiger partial charge in [-0.15, -0.1) is 0 Å². The van der Waals surface area contributed by atoms with Gasteiger partial charge in [0.15, 0.2) is 0 Å². The molecular weight excluding hydrogens is 322 g/mol. The molecule has 0 unspecified atom stereocenters. The maximum atomic E-state index is 12.1. The molecule has 0 aliphatic carbocycles. The first-order chi connectivity index (χ1) is 12.0. The highest BCUT2D eigenvalue weighted by Gasteiger charge is 2.25. The minimum atomic E-state index is -1.26. The molecule has 2 atom stereocenters. The molecule has 2 aromatic rings. The molecule has 2 rings (SSSR count). The Morgan fingerprint density at radius 2 is 1.84 bits per heavy atom. The molecule has 25 heavy (non-hydrogen) atoms. The van der Waals surface area contributed by atoms with E-state index in [4.69, 9.17) is 5.21 Å². The Hall–Kier alpha value is -3.21. The van der Waals surface area contributed by atoms with Gasteiger partial charge in [0.25, 0.3) is 11.8 Å². The Bertz CT molecular complexity index is 793. The summed E-state index contributed by atoms with van der Waals surface area (Å²) < 4.78 is 0. The molecule has 0 aliphatic rings. The van der Waals surface area contributed by atoms with Gasteiger partial charge >= 0.3 is 0 Å². The van der Waals surface area contributed by atoms with Gasteiger partial charge in [-0.05, 0) is 49.2 Å². The number of carbonyl (C=O) groups excluding carboxylic acids is 2. The third-order valence-corrected chi connectivity index (χ3v) is 3.31. The lowest BCUT2D eigenvalue weighted by molar-refractivity contribution is -0.133. The lowest BCUT2D eigenvalue weighted by Gasteiger charge is -2.19. The van der Waals surface area contributed by atoms with Crippen molar-refractivity contribution in [3.63, 3.8) is 0 Å². The van der Waals surface area contributed by atoms with Gasteiger partial charge in [0.2, 0.25) is 0 Å². The number of amides is 2. The summed E-state index contributed by atoms with van der Waals surface area (Å²) in [5.74, 6) is 4.38. The van der Waals surface area contributed by atoms with Gasteiger partial charge in [-0.2, -0.15) is 0 Å². The second-order valence-corrected chi connectivity index (χ2v) is 5.21. The van der Waals surface area contributed by atoms with E-state index in [9.17, 15) is 14.7 Å². The maximum Gasteiger partial charge on any atom is 0.268 e. The molecule has 7 heteroatoms. The van der Waals surface area contributed by atoms with E-state index in [2.05, 4.69) is 22.1 Å². The highest BCUT2D eigenvalue weighted by Crippen LogP contribution is 2.05. The monoisotopic (exact) mass is 339 g/mol. The van der Waals surface area contributed by atoms with Crippen molar-refractivity contribution in [2.45, 2.75) is 19.1 Å². The minimum Gasteiger partial charge on any atom is -0.391 e. The summed E-state index contributed by atoms with van der Waals surface area (Å²) in [4.78, 5) is 27.7. The minimum absolute atomic E-state index is 0.291. The third kappa shape index (κ3) is 5.14. The highest BCUT2D eigenvalue weighted by molar-refractivity contribution is 5.97. The summed E-state index contributed by atoms with van der Waals surface area (Å²) in [6.45, 7) is 1.33. The van der Waals surface area contributed by atoms with Crippen LogP contribution >= 0.6 is 0 Å². The number of benzene rings is 1. The van der Waals surface area contributed by atoms with E-state index in [-0.39, 0.29) is 0 Å². The van der Waals surface area contributed by atoms with Crippen molar-refractivity contribution in [2.75, 3.05) is 0 Å². The van der Waals surface area contributed by atoms with E-state index in [0.29, 0.717) is 16.8 Å². The summed E-state index contributed by atoms with van der Waals surface area (Å²) in [6, 6.07) is 10.6. The highest BCUT2D eigenvalue weighted by atomic mass is 16.5. The Kier molecular flexibility index (Phi) is 6.23. The van der Waals surface area contributed by atoms with Crippen molar-refractivity contribution in [1.29, 1.82) is 0 Å². The zero-order valence-corrected chi connectivity index (χ0v) is 13.4. The summed E-state index contributed by atoms with van der Waals surface area (Å²) in [5, 5.41) is 20.5. The number of nitrogens with one attached hydrogen (secondary N) is 2. The number of aromatic nitrogens is 1. The van der Waals surface area contributed by atoms with Crippen molar-refractivity contribution in [3.8, 4) is 11.8 Å². The van der Waals surface area contributed by atoms with Gasteiger partial charge in [-0.1, -0.05) is 12.0 Å². The lowest BCUT2D eigenvalue weighted by atomic mass is 10.1. The van der Waals surface area contributed by atoms with Crippen LogP contribution in [0, 0.1) is 11.8 Å². The van der Waals surface area contributed by atoms with E-state index in [1.165, 1.54) is 12.4 Å². The number of hydrogen-bond donors (Lipinski definition) is 4. The van der Waals surface area contributed by atoms with E-state index in [1.54, 1.807) is 42.6 Å². The Morgan fingerprint density at radius 1 is 1.12 bits per heavy atom. The average molecular weight is 339 g/mol. The number of hydrogen-bond acceptors (Lipinski definition) is 5. The Labute approximate surface area is 144 Å². The van der Waals surface area contributed by atoms with Crippen molar-refractivity contribution < 1.29 is 19.9 Å². The van der Waals surface area contributed by atoms with E-state index in [1.807, 2.05) is 6.07 Å². The second kappa shape index (κ2) is 8.59. The molecule has 0 bridgehead atoms. The summed E-state index contributed by atoms with van der Waals surface area (Å²) in [6.07, 6.45) is 0.484. The van der Waals surface area contributed by atoms with Gasteiger partial charge in [-0.25, -0.2) is 10.5 Å². The zero-order chi connectivity index (χ0) is 18.2. The normalized spacial score (nSPS) is 12.3. The second-order valence-electron chi connectivity index (χ2n) is 5.21. The molecule has 0 spiro atoms. The van der Waals surface area contributed by atoms with Crippen LogP contribution in [0.3, 0.4) is 0 Å². The van der Waals surface area contributed by atoms with Crippen LogP contribution in [0.4, 0.5) is 0 Å². The number of aliphatic hydroxyl groups is 1. The molecule has 0 saturated heterocycles. The predicted octanol–water partition coefficient (Wildman–Crippen LogP) is 0.466. The SMILES string of the molecule is C[C@@H](O)[C@H](NC(=O)c1ccc(C#Cc2ccccn2)cc1)C(=O)NO. The van der Waals surface area contributed by atoms with Gasteiger partial charge < -0.3 is 10.4 Å². The van der Waals surface area contributed by atoms with Crippen molar-refractivity contribution in [2.24, 2.45) is 0 Å². The molecule has 0 saturated carbocycles. The molecule has 128 valence electrons. The van der Waals surface area contributed by atoms with Crippen LogP contribution in [0.25, 0.3) is 0 Å². The summed E-state index contributed by atoms with van der Waals surface area (Å²) in [5.41, 5.74) is 3.03. The number of carbonyl (C=O) groups is 2. The van der Waals surface area contributed by atoms with E-state index >= 15 is 0 Å². The largest absolute Gasteiger partial charge is 0.391 e. The smallest absolute Gasteiger partial charge is 0.268 e. The lowest BCUT2D eigenvalue weighted by Crippen LogP contribution is -2.51. The predicted molar refractivity (Wildman–Crippen MR) is 89.5 cm³/mol. The Balaban J connectivity index is 2.07. The van der Waals surface area contributed by atoms with Crippen LogP contribution in [0.2, 0.25) is 0 Å². The molecule has 4 N–H and O–H groups in total. The van der Waals surface area contributed by atoms with Gasteiger partial charge in [0.05, 0.1) is 6.10 Å². The molecule has 0 aliphatic heterocycles. The quantitative estimate of drug-likeness (QED) is 0.367. The number of aliphatic hydroxyl groups excluding tert-OH is 1. The van der Waals surface area contributed by atoms with Crippen LogP contribution in [0.1, 0.15) is 28.5 Å². The molecule has 1 heterocycles. The molecule has 2 amide bonds. The standard InChI is InChI=1S/C18H17N3O4/c1-12(22)16(18(24)21-25)20-17(23)14-8-5-13(6-9-14)7-10-15-4-2-3-11-19-15/h2-6,8-9,11-12,16,22,25H,1H3,(H,20,23)(H,21,24)/t12-,16+/m1/s1. The molecular formula is C18H17N3O4. The first-order valence-electron chi connectivity index (χ1n) is 7.47. The van der Waals surface area contributed by atoms with Crippen LogP contribution in [0.15, 0.2) is 48.7 Å². The van der Waals surface area contributed by atoms with Crippen LogP contribution in [-0.4, -0.2) is 39.3 Å². The average Bonchev–Trinajstić information content (AvgIpc) is 2.64. The zero-order valence-electron chi connectivity index (χ0n) is 13.4. The Morgan fingerprint density at radius 3 is 2.40 bits per heavy atom. The van der Waals surface area contributed by atoms with Crippen molar-refractivity contribution >= 4 is 11.8 Å². The van der Waals surface area contributed by atoms with Gasteiger partial charge in [-0.3, -0.25) is 14.8 Å². The maximum absolute atomic E-state index is 12.1. The molecule has 7 nitrogen and oxygen atoms in total.